The molecule has 0 spiro atoms. The van der Waals surface area contributed by atoms with Gasteiger partial charge in [0.25, 0.3) is 0 Å². The number of hydrogen-bond donors (Lipinski definition) is 1. The van der Waals surface area contributed by atoms with Crippen LogP contribution in [0.1, 0.15) is 35.2 Å². The molecule has 0 radical (unpaired) electrons. The lowest BCUT2D eigenvalue weighted by Gasteiger charge is -2.20. The molecular formula is C18H21ClFN. The molecule has 0 saturated carbocycles. The maximum absolute atomic E-state index is 13.7. The molecule has 2 rings (SSSR count). The molecule has 2 aromatic carbocycles. The highest BCUT2D eigenvalue weighted by Gasteiger charge is 2.16. The summed E-state index contributed by atoms with van der Waals surface area (Å²) in [4.78, 5) is 0. The number of halogens is 2. The monoisotopic (exact) mass is 305 g/mol. The normalized spacial score (nSPS) is 12.4. The van der Waals surface area contributed by atoms with E-state index in [0.29, 0.717) is 0 Å². The first-order chi connectivity index (χ1) is 10.0. The van der Waals surface area contributed by atoms with Crippen molar-refractivity contribution >= 4 is 11.6 Å². The molecule has 2 aromatic rings. The van der Waals surface area contributed by atoms with Crippen LogP contribution in [-0.4, -0.2) is 6.54 Å². The Bertz CT molecular complexity index is 625. The van der Waals surface area contributed by atoms with Crippen LogP contribution in [-0.2, 0) is 6.42 Å². The Hall–Kier alpha value is -1.38. The summed E-state index contributed by atoms with van der Waals surface area (Å²) in [6, 6.07) is 11.4. The zero-order chi connectivity index (χ0) is 15.4. The summed E-state index contributed by atoms with van der Waals surface area (Å²) in [7, 11) is 0. The zero-order valence-electron chi connectivity index (χ0n) is 12.7. The van der Waals surface area contributed by atoms with Gasteiger partial charge in [0.2, 0.25) is 0 Å². The summed E-state index contributed by atoms with van der Waals surface area (Å²) in [6.45, 7) is 7.06. The van der Waals surface area contributed by atoms with Gasteiger partial charge < -0.3 is 5.32 Å². The van der Waals surface area contributed by atoms with Crippen molar-refractivity contribution in [3.63, 3.8) is 0 Å². The van der Waals surface area contributed by atoms with E-state index in [1.165, 1.54) is 22.8 Å². The highest BCUT2D eigenvalue weighted by atomic mass is 35.5. The molecule has 1 atom stereocenters. The van der Waals surface area contributed by atoms with Crippen molar-refractivity contribution in [2.45, 2.75) is 33.2 Å². The van der Waals surface area contributed by atoms with Crippen LogP contribution in [0.25, 0.3) is 0 Å². The molecule has 21 heavy (non-hydrogen) atoms. The summed E-state index contributed by atoms with van der Waals surface area (Å²) in [5.74, 6) is -0.364. The van der Waals surface area contributed by atoms with E-state index in [9.17, 15) is 4.39 Å². The van der Waals surface area contributed by atoms with Crippen LogP contribution < -0.4 is 5.32 Å². The minimum Gasteiger partial charge on any atom is -0.310 e. The topological polar surface area (TPSA) is 12.0 Å². The van der Waals surface area contributed by atoms with Crippen LogP contribution in [0.3, 0.4) is 0 Å². The Labute approximate surface area is 131 Å². The maximum Gasteiger partial charge on any atom is 0.142 e. The second-order valence-electron chi connectivity index (χ2n) is 5.38. The van der Waals surface area contributed by atoms with E-state index in [2.05, 4.69) is 37.4 Å². The van der Waals surface area contributed by atoms with Crippen molar-refractivity contribution < 1.29 is 4.39 Å². The molecular weight excluding hydrogens is 285 g/mol. The molecule has 3 heteroatoms. The van der Waals surface area contributed by atoms with Crippen molar-refractivity contribution in [3.05, 3.63) is 69.5 Å². The van der Waals surface area contributed by atoms with Crippen molar-refractivity contribution in [1.82, 2.24) is 5.32 Å². The number of hydrogen-bond acceptors (Lipinski definition) is 1. The first-order valence-electron chi connectivity index (χ1n) is 7.26. The fourth-order valence-electron chi connectivity index (χ4n) is 2.49. The fraction of sp³-hybridized carbons (Fsp3) is 0.333. The quantitative estimate of drug-likeness (QED) is 0.820. The highest BCUT2D eigenvalue weighted by Crippen LogP contribution is 2.28. The van der Waals surface area contributed by atoms with Gasteiger partial charge in [-0.15, -0.1) is 0 Å². The minimum atomic E-state index is -0.364. The zero-order valence-corrected chi connectivity index (χ0v) is 13.5. The lowest BCUT2D eigenvalue weighted by molar-refractivity contribution is 0.543. The Morgan fingerprint density at radius 3 is 2.57 bits per heavy atom. The number of nitrogens with one attached hydrogen (secondary N) is 1. The smallest absolute Gasteiger partial charge is 0.142 e. The average Bonchev–Trinajstić information content (AvgIpc) is 2.45. The number of benzene rings is 2. The molecule has 0 saturated heterocycles. The number of likely N-dealkylation sites (N-methyl/N-ethyl adjacent to an activating group) is 1. The summed E-state index contributed by atoms with van der Waals surface area (Å²) >= 11 is 6.13. The predicted octanol–water partition coefficient (Wildman–Crippen LogP) is 4.99. The molecule has 0 bridgehead atoms. The van der Waals surface area contributed by atoms with E-state index in [4.69, 9.17) is 11.6 Å². The summed E-state index contributed by atoms with van der Waals surface area (Å²) in [5, 5.41) is 3.61. The average molecular weight is 306 g/mol. The van der Waals surface area contributed by atoms with Gasteiger partial charge in [0.15, 0.2) is 0 Å². The molecule has 0 amide bonds. The van der Waals surface area contributed by atoms with Crippen LogP contribution >= 0.6 is 11.6 Å². The van der Waals surface area contributed by atoms with Gasteiger partial charge in [-0.25, -0.2) is 4.39 Å². The van der Waals surface area contributed by atoms with Crippen LogP contribution in [0.15, 0.2) is 36.4 Å². The van der Waals surface area contributed by atoms with Crippen LogP contribution in [0.4, 0.5) is 4.39 Å². The molecule has 1 N–H and O–H groups in total. The van der Waals surface area contributed by atoms with E-state index in [1.807, 2.05) is 13.0 Å². The van der Waals surface area contributed by atoms with E-state index >= 15 is 0 Å². The molecule has 0 aromatic heterocycles. The molecule has 112 valence electrons. The number of rotatable bonds is 5. The Morgan fingerprint density at radius 2 is 1.90 bits per heavy atom. The van der Waals surface area contributed by atoms with Gasteiger partial charge in [-0.05, 0) is 55.1 Å². The standard InChI is InChI=1S/C18H21ClFN/c1-4-21-17(15-6-5-7-16(20)18(15)19)11-14-9-8-12(2)13(3)10-14/h5-10,17,21H,4,11H2,1-3H3. The lowest BCUT2D eigenvalue weighted by atomic mass is 9.96. The molecule has 0 aliphatic carbocycles. The molecule has 1 nitrogen and oxygen atoms in total. The lowest BCUT2D eigenvalue weighted by Crippen LogP contribution is -2.23. The van der Waals surface area contributed by atoms with Crippen LogP contribution in [0, 0.1) is 19.7 Å². The maximum atomic E-state index is 13.7. The van der Waals surface area contributed by atoms with Crippen molar-refractivity contribution in [3.8, 4) is 0 Å². The van der Waals surface area contributed by atoms with E-state index in [1.54, 1.807) is 6.07 Å². The van der Waals surface area contributed by atoms with Crippen LogP contribution in [0.5, 0.6) is 0 Å². The van der Waals surface area contributed by atoms with Gasteiger partial charge in [0.05, 0.1) is 5.02 Å². The SMILES string of the molecule is CCNC(Cc1ccc(C)c(C)c1)c1cccc(F)c1Cl. The summed E-state index contributed by atoms with van der Waals surface area (Å²) < 4.78 is 13.7. The van der Waals surface area contributed by atoms with Gasteiger partial charge in [-0.2, -0.15) is 0 Å². The third-order valence-corrected chi connectivity index (χ3v) is 4.22. The molecule has 1 unspecified atom stereocenters. The number of aryl methyl sites for hydroxylation is 2. The second-order valence-corrected chi connectivity index (χ2v) is 5.75. The second kappa shape index (κ2) is 7.06. The molecule has 0 heterocycles. The Morgan fingerprint density at radius 1 is 1.14 bits per heavy atom. The van der Waals surface area contributed by atoms with E-state index in [0.717, 1.165) is 18.5 Å². The molecule has 0 aliphatic rings. The third-order valence-electron chi connectivity index (χ3n) is 3.82. The van der Waals surface area contributed by atoms with Gasteiger partial charge in [0, 0.05) is 6.04 Å². The van der Waals surface area contributed by atoms with Crippen molar-refractivity contribution in [2.24, 2.45) is 0 Å². The molecule has 0 aliphatic heterocycles. The van der Waals surface area contributed by atoms with Gasteiger partial charge >= 0.3 is 0 Å². The van der Waals surface area contributed by atoms with Gasteiger partial charge in [-0.1, -0.05) is 48.9 Å². The largest absolute Gasteiger partial charge is 0.310 e. The van der Waals surface area contributed by atoms with Gasteiger partial charge in [0.1, 0.15) is 5.82 Å². The predicted molar refractivity (Wildman–Crippen MR) is 87.4 cm³/mol. The first kappa shape index (κ1) is 16.0. The van der Waals surface area contributed by atoms with E-state index < -0.39 is 0 Å². The van der Waals surface area contributed by atoms with Crippen molar-refractivity contribution in [2.75, 3.05) is 6.54 Å². The van der Waals surface area contributed by atoms with E-state index in [-0.39, 0.29) is 16.9 Å². The highest BCUT2D eigenvalue weighted by molar-refractivity contribution is 6.31. The molecule has 0 fully saturated rings. The third kappa shape index (κ3) is 3.84. The fourth-order valence-corrected chi connectivity index (χ4v) is 2.75. The minimum absolute atomic E-state index is 0.0142. The summed E-state index contributed by atoms with van der Waals surface area (Å²) in [5.41, 5.74) is 4.59. The van der Waals surface area contributed by atoms with Gasteiger partial charge in [-0.3, -0.25) is 0 Å². The van der Waals surface area contributed by atoms with Crippen LogP contribution in [0.2, 0.25) is 5.02 Å². The summed E-state index contributed by atoms with van der Waals surface area (Å²) in [6.07, 6.45) is 0.790. The Balaban J connectivity index is 2.30. The Kier molecular flexibility index (Phi) is 5.38. The van der Waals surface area contributed by atoms with Crippen molar-refractivity contribution in [1.29, 1.82) is 0 Å². The first-order valence-corrected chi connectivity index (χ1v) is 7.64.